The van der Waals surface area contributed by atoms with E-state index in [0.717, 1.165) is 22.3 Å². The van der Waals surface area contributed by atoms with Gasteiger partial charge < -0.3 is 19.9 Å². The fourth-order valence-corrected chi connectivity index (χ4v) is 6.32. The first-order chi connectivity index (χ1) is 25.4. The highest BCUT2D eigenvalue weighted by Crippen LogP contribution is 2.28. The molecule has 54 heavy (non-hydrogen) atoms. The SMILES string of the molecule is CC(C)(C)OC(=O)c1cc(C(=O)OC(C)(C)C)cc(C(N)N(CCN2Cc3ccc(F)cc3CC2Cc2ccc(F)cc2)C(=O)OCc2ccccc2)c1. The fourth-order valence-electron chi connectivity index (χ4n) is 6.32. The van der Waals surface area contributed by atoms with Crippen molar-refractivity contribution in [2.24, 2.45) is 5.73 Å². The number of carbonyl (C=O) groups is 3. The van der Waals surface area contributed by atoms with Crippen LogP contribution in [0, 0.1) is 11.6 Å². The smallest absolute Gasteiger partial charge is 0.411 e. The molecular weight excluding hydrogens is 692 g/mol. The molecule has 0 saturated heterocycles. The van der Waals surface area contributed by atoms with Crippen LogP contribution >= 0.6 is 0 Å². The summed E-state index contributed by atoms with van der Waals surface area (Å²) in [5, 5.41) is 0. The zero-order valence-electron chi connectivity index (χ0n) is 31.7. The lowest BCUT2D eigenvalue weighted by Gasteiger charge is -2.39. The van der Waals surface area contributed by atoms with Crippen LogP contribution in [0.4, 0.5) is 13.6 Å². The molecule has 1 aliphatic heterocycles. The normalized spacial score (nSPS) is 15.2. The van der Waals surface area contributed by atoms with E-state index in [1.165, 1.54) is 41.3 Å². The maximum atomic E-state index is 14.3. The predicted octanol–water partition coefficient (Wildman–Crippen LogP) is 8.14. The third-order valence-corrected chi connectivity index (χ3v) is 8.87. The Bertz CT molecular complexity index is 1890. The molecule has 5 rings (SSSR count). The average molecular weight is 742 g/mol. The molecule has 0 saturated carbocycles. The van der Waals surface area contributed by atoms with Crippen molar-refractivity contribution in [2.45, 2.75) is 90.9 Å². The van der Waals surface area contributed by atoms with Crippen molar-refractivity contribution >= 4 is 18.0 Å². The maximum Gasteiger partial charge on any atom is 0.411 e. The van der Waals surface area contributed by atoms with Crippen LogP contribution in [0.1, 0.15) is 96.2 Å². The maximum absolute atomic E-state index is 14.3. The lowest BCUT2D eigenvalue weighted by Crippen LogP contribution is -2.48. The van der Waals surface area contributed by atoms with Gasteiger partial charge in [-0.3, -0.25) is 9.80 Å². The second kappa shape index (κ2) is 16.9. The Morgan fingerprint density at radius 2 is 1.37 bits per heavy atom. The molecule has 2 N–H and O–H groups in total. The van der Waals surface area contributed by atoms with Crippen LogP contribution in [-0.4, -0.2) is 58.2 Å². The number of halogens is 2. The topological polar surface area (TPSA) is 111 Å². The van der Waals surface area contributed by atoms with Crippen molar-refractivity contribution in [2.75, 3.05) is 13.1 Å². The number of carbonyl (C=O) groups excluding carboxylic acids is 3. The molecule has 2 unspecified atom stereocenters. The Balaban J connectivity index is 1.49. The fraction of sp³-hybridized carbons (Fsp3) is 0.372. The molecular formula is C43H49F2N3O6. The quantitative estimate of drug-likeness (QED) is 0.0932. The molecule has 9 nitrogen and oxygen atoms in total. The van der Waals surface area contributed by atoms with Gasteiger partial charge in [-0.1, -0.05) is 48.5 Å². The molecule has 2 atom stereocenters. The molecule has 0 aliphatic carbocycles. The van der Waals surface area contributed by atoms with Gasteiger partial charge in [0.05, 0.1) is 11.1 Å². The molecule has 4 aromatic rings. The standard InChI is InChI=1S/C43H49F2N3O6/c1-42(2,3)53-39(49)33-21-32(22-34(23-33)40(50)54-43(4,5)6)38(46)48(41(51)52-27-29-10-8-7-9-11-29)19-18-47-26-30-14-17-36(45)24-31(30)25-37(47)20-28-12-15-35(44)16-13-28/h7-17,21-24,37-38H,18-20,25-27,46H2,1-6H3. The van der Waals surface area contributed by atoms with Crippen LogP contribution < -0.4 is 5.73 Å². The minimum absolute atomic E-state index is 0.0140. The number of hydrogen-bond acceptors (Lipinski definition) is 8. The van der Waals surface area contributed by atoms with Gasteiger partial charge in [-0.2, -0.15) is 0 Å². The Morgan fingerprint density at radius 3 is 1.96 bits per heavy atom. The van der Waals surface area contributed by atoms with Gasteiger partial charge in [-0.25, -0.2) is 23.2 Å². The first kappa shape index (κ1) is 40.1. The number of amides is 1. The van der Waals surface area contributed by atoms with E-state index in [-0.39, 0.29) is 42.0 Å². The molecule has 1 aliphatic rings. The van der Waals surface area contributed by atoms with E-state index in [2.05, 4.69) is 4.90 Å². The van der Waals surface area contributed by atoms with E-state index in [0.29, 0.717) is 31.5 Å². The Morgan fingerprint density at radius 1 is 0.778 bits per heavy atom. The lowest BCUT2D eigenvalue weighted by atomic mass is 9.90. The third kappa shape index (κ3) is 11.2. The second-order valence-corrected chi connectivity index (χ2v) is 15.6. The third-order valence-electron chi connectivity index (χ3n) is 8.87. The Hall–Kier alpha value is -5.13. The number of nitrogens with zero attached hydrogens (tertiary/aromatic N) is 2. The summed E-state index contributed by atoms with van der Waals surface area (Å²) in [7, 11) is 0. The number of nitrogens with two attached hydrogens (primary N) is 1. The van der Waals surface area contributed by atoms with Gasteiger partial charge in [0, 0.05) is 25.7 Å². The summed E-state index contributed by atoms with van der Waals surface area (Å²) in [5.41, 5.74) is 9.23. The van der Waals surface area contributed by atoms with Crippen molar-refractivity contribution < 1.29 is 37.4 Å². The van der Waals surface area contributed by atoms with Gasteiger partial charge in [0.1, 0.15) is 35.6 Å². The van der Waals surface area contributed by atoms with Crippen molar-refractivity contribution in [1.82, 2.24) is 9.80 Å². The largest absolute Gasteiger partial charge is 0.456 e. The molecule has 11 heteroatoms. The highest BCUT2D eigenvalue weighted by atomic mass is 19.1. The second-order valence-electron chi connectivity index (χ2n) is 15.6. The number of rotatable bonds is 11. The van der Waals surface area contributed by atoms with Crippen molar-refractivity contribution in [1.29, 1.82) is 0 Å². The van der Waals surface area contributed by atoms with Crippen LogP contribution in [0.25, 0.3) is 0 Å². The predicted molar refractivity (Wildman–Crippen MR) is 201 cm³/mol. The Kier molecular flexibility index (Phi) is 12.5. The van der Waals surface area contributed by atoms with E-state index in [4.69, 9.17) is 19.9 Å². The summed E-state index contributed by atoms with van der Waals surface area (Å²) in [6.07, 6.45) is -0.787. The summed E-state index contributed by atoms with van der Waals surface area (Å²) in [4.78, 5) is 44.3. The zero-order chi connectivity index (χ0) is 39.2. The zero-order valence-corrected chi connectivity index (χ0v) is 31.7. The first-order valence-electron chi connectivity index (χ1n) is 18.0. The molecule has 0 radical (unpaired) electrons. The van der Waals surface area contributed by atoms with Crippen molar-refractivity contribution in [3.8, 4) is 0 Å². The molecule has 0 spiro atoms. The van der Waals surface area contributed by atoms with Gasteiger partial charge in [0.25, 0.3) is 0 Å². The first-order valence-corrected chi connectivity index (χ1v) is 18.0. The number of benzene rings is 4. The Labute approximate surface area is 316 Å². The molecule has 0 aromatic heterocycles. The molecule has 0 bridgehead atoms. The van der Waals surface area contributed by atoms with E-state index >= 15 is 0 Å². The van der Waals surface area contributed by atoms with E-state index in [9.17, 15) is 23.2 Å². The van der Waals surface area contributed by atoms with Crippen molar-refractivity contribution in [3.05, 3.63) is 142 Å². The van der Waals surface area contributed by atoms with Crippen LogP contribution in [0.5, 0.6) is 0 Å². The minimum atomic E-state index is -1.17. The summed E-state index contributed by atoms with van der Waals surface area (Å²) < 4.78 is 45.1. The molecule has 286 valence electrons. The van der Waals surface area contributed by atoms with E-state index in [1.807, 2.05) is 30.3 Å². The van der Waals surface area contributed by atoms with Crippen LogP contribution in [0.3, 0.4) is 0 Å². The van der Waals surface area contributed by atoms with Gasteiger partial charge >= 0.3 is 18.0 Å². The van der Waals surface area contributed by atoms with Gasteiger partial charge in [0.2, 0.25) is 0 Å². The summed E-state index contributed by atoms with van der Waals surface area (Å²) in [6.45, 7) is 11.3. The number of hydrogen-bond donors (Lipinski definition) is 1. The summed E-state index contributed by atoms with van der Waals surface area (Å²) >= 11 is 0. The van der Waals surface area contributed by atoms with E-state index in [1.54, 1.807) is 65.8 Å². The molecule has 1 heterocycles. The van der Waals surface area contributed by atoms with Gasteiger partial charge in [-0.15, -0.1) is 0 Å². The molecule has 0 fully saturated rings. The number of ether oxygens (including phenoxy) is 3. The lowest BCUT2D eigenvalue weighted by molar-refractivity contribution is 0.00676. The van der Waals surface area contributed by atoms with Crippen LogP contribution in [0.2, 0.25) is 0 Å². The molecule has 1 amide bonds. The van der Waals surface area contributed by atoms with Gasteiger partial charge in [-0.05, 0) is 125 Å². The summed E-state index contributed by atoms with van der Waals surface area (Å²) in [5.74, 6) is -2.01. The number of fused-ring (bicyclic) bond motifs is 1. The van der Waals surface area contributed by atoms with Gasteiger partial charge in [0.15, 0.2) is 0 Å². The highest BCUT2D eigenvalue weighted by Gasteiger charge is 2.31. The van der Waals surface area contributed by atoms with Crippen molar-refractivity contribution in [3.63, 3.8) is 0 Å². The number of esters is 2. The highest BCUT2D eigenvalue weighted by molar-refractivity contribution is 5.96. The minimum Gasteiger partial charge on any atom is -0.456 e. The summed E-state index contributed by atoms with van der Waals surface area (Å²) in [6, 6.07) is 24.6. The van der Waals surface area contributed by atoms with E-state index < -0.39 is 35.4 Å². The van der Waals surface area contributed by atoms with Crippen LogP contribution in [0.15, 0.2) is 91.0 Å². The monoisotopic (exact) mass is 741 g/mol. The molecule has 4 aromatic carbocycles. The van der Waals surface area contributed by atoms with Crippen LogP contribution in [-0.2, 0) is 40.2 Å². The average Bonchev–Trinajstić information content (AvgIpc) is 3.10.